The van der Waals surface area contributed by atoms with Crippen molar-refractivity contribution in [3.05, 3.63) is 35.4 Å². The molecule has 0 aliphatic carbocycles. The van der Waals surface area contributed by atoms with Gasteiger partial charge in [0.25, 0.3) is 0 Å². The summed E-state index contributed by atoms with van der Waals surface area (Å²) in [5.74, 6) is 0. The maximum atomic E-state index is 9.06. The second-order valence-corrected chi connectivity index (χ2v) is 4.12. The third kappa shape index (κ3) is 5.55. The van der Waals surface area contributed by atoms with Gasteiger partial charge in [0, 0.05) is 0 Å². The van der Waals surface area contributed by atoms with Crippen molar-refractivity contribution in [3.63, 3.8) is 0 Å². The predicted octanol–water partition coefficient (Wildman–Crippen LogP) is 1.90. The van der Waals surface area contributed by atoms with E-state index in [4.69, 9.17) is 5.11 Å². The number of hydrogen-bond acceptors (Lipinski definition) is 2. The second kappa shape index (κ2) is 6.59. The smallest absolute Gasteiger partial charge is 0.0524 e. The van der Waals surface area contributed by atoms with Crippen LogP contribution in [0.5, 0.6) is 0 Å². The van der Waals surface area contributed by atoms with Crippen LogP contribution in [0.1, 0.15) is 24.5 Å². The minimum absolute atomic E-state index is 0.197. The largest absolute Gasteiger partial charge is 0.393 e. The van der Waals surface area contributed by atoms with Gasteiger partial charge in [-0.2, -0.15) is 0 Å². The van der Waals surface area contributed by atoms with E-state index in [1.165, 1.54) is 11.1 Å². The Hall–Kier alpha value is -0.860. The fourth-order valence-electron chi connectivity index (χ4n) is 1.42. The highest BCUT2D eigenvalue weighted by Gasteiger charge is 1.95. The first-order valence-electron chi connectivity index (χ1n) is 5.63. The van der Waals surface area contributed by atoms with Gasteiger partial charge in [0.15, 0.2) is 0 Å². The highest BCUT2D eigenvalue weighted by Crippen LogP contribution is 2.02. The van der Waals surface area contributed by atoms with E-state index >= 15 is 0 Å². The molecule has 1 aromatic rings. The number of benzene rings is 1. The molecule has 1 unspecified atom stereocenters. The molecule has 0 radical (unpaired) electrons. The fraction of sp³-hybridized carbons (Fsp3) is 0.538. The van der Waals surface area contributed by atoms with Crippen molar-refractivity contribution in [2.45, 2.75) is 32.8 Å². The molecule has 0 saturated heterocycles. The van der Waals surface area contributed by atoms with Crippen molar-refractivity contribution in [2.75, 3.05) is 13.1 Å². The molecular formula is C13H21NO. The molecular weight excluding hydrogens is 186 g/mol. The van der Waals surface area contributed by atoms with Gasteiger partial charge in [-0.15, -0.1) is 0 Å². The normalized spacial score (nSPS) is 12.7. The summed E-state index contributed by atoms with van der Waals surface area (Å²) < 4.78 is 0. The summed E-state index contributed by atoms with van der Waals surface area (Å²) in [6.07, 6.45) is 1.69. The first kappa shape index (κ1) is 12.2. The highest BCUT2D eigenvalue weighted by molar-refractivity contribution is 5.21. The van der Waals surface area contributed by atoms with Gasteiger partial charge in [-0.25, -0.2) is 0 Å². The lowest BCUT2D eigenvalue weighted by Crippen LogP contribution is -2.21. The zero-order valence-corrected chi connectivity index (χ0v) is 9.66. The molecule has 2 N–H and O–H groups in total. The van der Waals surface area contributed by atoms with Gasteiger partial charge < -0.3 is 10.4 Å². The first-order chi connectivity index (χ1) is 7.18. The average Bonchev–Trinajstić information content (AvgIpc) is 2.20. The van der Waals surface area contributed by atoms with Gasteiger partial charge >= 0.3 is 0 Å². The van der Waals surface area contributed by atoms with Crippen LogP contribution in [-0.4, -0.2) is 24.3 Å². The van der Waals surface area contributed by atoms with Gasteiger partial charge in [-0.05, 0) is 45.3 Å². The van der Waals surface area contributed by atoms with Crippen LogP contribution < -0.4 is 5.32 Å². The first-order valence-corrected chi connectivity index (χ1v) is 5.63. The van der Waals surface area contributed by atoms with Crippen LogP contribution in [0.3, 0.4) is 0 Å². The van der Waals surface area contributed by atoms with E-state index in [0.29, 0.717) is 0 Å². The maximum Gasteiger partial charge on any atom is 0.0524 e. The highest BCUT2D eigenvalue weighted by atomic mass is 16.3. The Morgan fingerprint density at radius 2 is 1.87 bits per heavy atom. The molecule has 0 bridgehead atoms. The lowest BCUT2D eigenvalue weighted by Gasteiger charge is -2.06. The van der Waals surface area contributed by atoms with Crippen molar-refractivity contribution in [3.8, 4) is 0 Å². The minimum atomic E-state index is -0.197. The molecule has 0 spiro atoms. The molecule has 1 rings (SSSR count). The molecule has 0 aliphatic heterocycles. The molecule has 0 saturated carbocycles. The van der Waals surface area contributed by atoms with Crippen LogP contribution in [0, 0.1) is 6.92 Å². The average molecular weight is 207 g/mol. The van der Waals surface area contributed by atoms with Crippen molar-refractivity contribution in [2.24, 2.45) is 0 Å². The number of aliphatic hydroxyl groups excluding tert-OH is 1. The number of aryl methyl sites for hydroxylation is 1. The molecule has 2 nitrogen and oxygen atoms in total. The molecule has 0 aliphatic rings. The van der Waals surface area contributed by atoms with E-state index in [9.17, 15) is 0 Å². The van der Waals surface area contributed by atoms with E-state index in [2.05, 4.69) is 36.5 Å². The Kier molecular flexibility index (Phi) is 5.37. The number of rotatable bonds is 6. The fourth-order valence-corrected chi connectivity index (χ4v) is 1.42. The zero-order valence-electron chi connectivity index (χ0n) is 9.66. The standard InChI is InChI=1S/C13H21NO/c1-11-3-5-13(6-4-11)8-10-14-9-7-12(2)15/h3-6,12,14-15H,7-10H2,1-2H3. The summed E-state index contributed by atoms with van der Waals surface area (Å²) in [5.41, 5.74) is 2.67. The number of aliphatic hydroxyl groups is 1. The molecule has 0 fully saturated rings. The zero-order chi connectivity index (χ0) is 11.1. The Labute approximate surface area is 92.3 Å². The van der Waals surface area contributed by atoms with Crippen molar-refractivity contribution < 1.29 is 5.11 Å². The van der Waals surface area contributed by atoms with Crippen LogP contribution in [-0.2, 0) is 6.42 Å². The van der Waals surface area contributed by atoms with Crippen LogP contribution in [0.4, 0.5) is 0 Å². The Morgan fingerprint density at radius 3 is 2.47 bits per heavy atom. The molecule has 1 aromatic carbocycles. The molecule has 0 heterocycles. The van der Waals surface area contributed by atoms with E-state index in [1.54, 1.807) is 0 Å². The summed E-state index contributed by atoms with van der Waals surface area (Å²) in [5, 5.41) is 12.4. The van der Waals surface area contributed by atoms with E-state index in [1.807, 2.05) is 6.92 Å². The van der Waals surface area contributed by atoms with E-state index in [-0.39, 0.29) is 6.10 Å². The van der Waals surface area contributed by atoms with Gasteiger partial charge in [-0.3, -0.25) is 0 Å². The second-order valence-electron chi connectivity index (χ2n) is 4.12. The topological polar surface area (TPSA) is 32.3 Å². The molecule has 2 heteroatoms. The van der Waals surface area contributed by atoms with Gasteiger partial charge in [0.2, 0.25) is 0 Å². The Balaban J connectivity index is 2.12. The van der Waals surface area contributed by atoms with Gasteiger partial charge in [0.05, 0.1) is 6.10 Å². The van der Waals surface area contributed by atoms with E-state index in [0.717, 1.165) is 25.9 Å². The summed E-state index contributed by atoms with van der Waals surface area (Å²) in [6, 6.07) is 8.63. The van der Waals surface area contributed by atoms with Crippen molar-refractivity contribution in [1.82, 2.24) is 5.32 Å². The SMILES string of the molecule is Cc1ccc(CCNCCC(C)O)cc1. The van der Waals surface area contributed by atoms with Crippen LogP contribution in [0.15, 0.2) is 24.3 Å². The molecule has 0 aromatic heterocycles. The van der Waals surface area contributed by atoms with Gasteiger partial charge in [0.1, 0.15) is 0 Å². The van der Waals surface area contributed by atoms with Crippen LogP contribution in [0.25, 0.3) is 0 Å². The third-order valence-electron chi connectivity index (χ3n) is 2.45. The molecule has 84 valence electrons. The van der Waals surface area contributed by atoms with Crippen LogP contribution in [0.2, 0.25) is 0 Å². The minimum Gasteiger partial charge on any atom is -0.393 e. The molecule has 0 amide bonds. The maximum absolute atomic E-state index is 9.06. The lowest BCUT2D eigenvalue weighted by molar-refractivity contribution is 0.184. The van der Waals surface area contributed by atoms with Gasteiger partial charge in [-0.1, -0.05) is 29.8 Å². The van der Waals surface area contributed by atoms with Crippen molar-refractivity contribution in [1.29, 1.82) is 0 Å². The summed E-state index contributed by atoms with van der Waals surface area (Å²) >= 11 is 0. The Bertz CT molecular complexity index is 266. The summed E-state index contributed by atoms with van der Waals surface area (Å²) in [6.45, 7) is 5.80. The number of nitrogens with one attached hydrogen (secondary N) is 1. The lowest BCUT2D eigenvalue weighted by atomic mass is 10.1. The predicted molar refractivity (Wildman–Crippen MR) is 64.1 cm³/mol. The molecule has 1 atom stereocenters. The van der Waals surface area contributed by atoms with Crippen molar-refractivity contribution >= 4 is 0 Å². The van der Waals surface area contributed by atoms with E-state index < -0.39 is 0 Å². The monoisotopic (exact) mass is 207 g/mol. The number of hydrogen-bond donors (Lipinski definition) is 2. The summed E-state index contributed by atoms with van der Waals surface area (Å²) in [7, 11) is 0. The summed E-state index contributed by atoms with van der Waals surface area (Å²) in [4.78, 5) is 0. The third-order valence-corrected chi connectivity index (χ3v) is 2.45. The molecule has 15 heavy (non-hydrogen) atoms. The quantitative estimate of drug-likeness (QED) is 0.698. The Morgan fingerprint density at radius 1 is 1.20 bits per heavy atom. The van der Waals surface area contributed by atoms with Crippen LogP contribution >= 0.6 is 0 Å².